The van der Waals surface area contributed by atoms with Gasteiger partial charge < -0.3 is 10.3 Å². The number of fused-ring (bicyclic) bond motifs is 2. The van der Waals surface area contributed by atoms with E-state index in [1.54, 1.807) is 24.5 Å². The fourth-order valence-electron chi connectivity index (χ4n) is 4.06. The van der Waals surface area contributed by atoms with Crippen LogP contribution in [-0.2, 0) is 0 Å². The molecule has 1 amide bonds. The SMILES string of the molecule is O=C(Nc1cncc(-c2ccc3[nH]nc(-c4cc5ccccc5[nH]4)c3c2)c1)c1ccccc1. The molecule has 0 fully saturated rings. The topological polar surface area (TPSA) is 86.5 Å². The van der Waals surface area contributed by atoms with Crippen LogP contribution in [0.25, 0.3) is 44.3 Å². The second kappa shape index (κ2) is 7.76. The third-order valence-corrected chi connectivity index (χ3v) is 5.71. The van der Waals surface area contributed by atoms with E-state index in [1.165, 1.54) is 0 Å². The van der Waals surface area contributed by atoms with E-state index < -0.39 is 0 Å². The van der Waals surface area contributed by atoms with Gasteiger partial charge in [0.25, 0.3) is 5.91 Å². The monoisotopic (exact) mass is 429 g/mol. The van der Waals surface area contributed by atoms with Gasteiger partial charge >= 0.3 is 0 Å². The number of hydrogen-bond acceptors (Lipinski definition) is 3. The number of anilines is 1. The van der Waals surface area contributed by atoms with Gasteiger partial charge in [-0.3, -0.25) is 14.9 Å². The first kappa shape index (κ1) is 19.0. The van der Waals surface area contributed by atoms with Crippen LogP contribution in [0.15, 0.2) is 97.3 Å². The van der Waals surface area contributed by atoms with Crippen molar-refractivity contribution in [1.29, 1.82) is 0 Å². The molecule has 6 heteroatoms. The maximum Gasteiger partial charge on any atom is 0.255 e. The zero-order chi connectivity index (χ0) is 22.2. The van der Waals surface area contributed by atoms with Crippen LogP contribution in [0.3, 0.4) is 0 Å². The summed E-state index contributed by atoms with van der Waals surface area (Å²) in [6.07, 6.45) is 3.44. The lowest BCUT2D eigenvalue weighted by Crippen LogP contribution is -2.11. The molecular formula is C27H19N5O. The van der Waals surface area contributed by atoms with E-state index in [-0.39, 0.29) is 5.91 Å². The van der Waals surface area contributed by atoms with Crippen LogP contribution in [0.4, 0.5) is 5.69 Å². The van der Waals surface area contributed by atoms with Gasteiger partial charge in [-0.1, -0.05) is 42.5 Å². The smallest absolute Gasteiger partial charge is 0.255 e. The summed E-state index contributed by atoms with van der Waals surface area (Å²) < 4.78 is 0. The lowest BCUT2D eigenvalue weighted by atomic mass is 10.0. The summed E-state index contributed by atoms with van der Waals surface area (Å²) in [6.45, 7) is 0. The molecule has 0 aliphatic carbocycles. The Bertz CT molecular complexity index is 1580. The largest absolute Gasteiger partial charge is 0.353 e. The number of nitrogens with zero attached hydrogens (tertiary/aromatic N) is 2. The van der Waals surface area contributed by atoms with Crippen molar-refractivity contribution in [1.82, 2.24) is 20.2 Å². The van der Waals surface area contributed by atoms with Crippen molar-refractivity contribution >= 4 is 33.4 Å². The molecule has 6 rings (SSSR count). The van der Waals surface area contributed by atoms with Gasteiger partial charge in [-0.05, 0) is 48.0 Å². The Morgan fingerprint density at radius 3 is 2.52 bits per heavy atom. The molecule has 0 saturated carbocycles. The number of rotatable bonds is 4. The van der Waals surface area contributed by atoms with E-state index >= 15 is 0 Å². The number of aromatic nitrogens is 4. The molecule has 0 saturated heterocycles. The highest BCUT2D eigenvalue weighted by molar-refractivity contribution is 6.04. The molecule has 0 atom stereocenters. The maximum atomic E-state index is 12.5. The number of hydrogen-bond donors (Lipinski definition) is 3. The van der Waals surface area contributed by atoms with Crippen molar-refractivity contribution < 1.29 is 4.79 Å². The molecule has 33 heavy (non-hydrogen) atoms. The Kier molecular flexibility index (Phi) is 4.47. The molecule has 158 valence electrons. The Hall–Kier alpha value is -4.71. The second-order valence-corrected chi connectivity index (χ2v) is 7.89. The predicted molar refractivity (Wildman–Crippen MR) is 131 cm³/mol. The third-order valence-electron chi connectivity index (χ3n) is 5.71. The van der Waals surface area contributed by atoms with Crippen LogP contribution in [0.5, 0.6) is 0 Å². The van der Waals surface area contributed by atoms with E-state index in [0.29, 0.717) is 11.3 Å². The maximum absolute atomic E-state index is 12.5. The molecular weight excluding hydrogens is 410 g/mol. The summed E-state index contributed by atoms with van der Waals surface area (Å²) in [6, 6.07) is 27.5. The first-order chi connectivity index (χ1) is 16.2. The standard InChI is InChI=1S/C27H19N5O/c33-27(17-6-2-1-3-7-17)29-21-12-20(15-28-16-21)18-10-11-24-22(13-18)26(32-31-24)25-14-19-8-4-5-9-23(19)30-25/h1-16,30H,(H,29,33)(H,31,32). The molecule has 0 spiro atoms. The fraction of sp³-hybridized carbons (Fsp3) is 0. The molecule has 6 nitrogen and oxygen atoms in total. The van der Waals surface area contributed by atoms with E-state index in [9.17, 15) is 4.79 Å². The first-order valence-electron chi connectivity index (χ1n) is 10.6. The highest BCUT2D eigenvalue weighted by Gasteiger charge is 2.13. The Labute approximate surface area is 189 Å². The van der Waals surface area contributed by atoms with Crippen LogP contribution in [0, 0.1) is 0 Å². The lowest BCUT2D eigenvalue weighted by molar-refractivity contribution is 0.102. The average molecular weight is 429 g/mol. The molecule has 0 aliphatic rings. The van der Waals surface area contributed by atoms with Gasteiger partial charge in [0.2, 0.25) is 0 Å². The van der Waals surface area contributed by atoms with Crippen molar-refractivity contribution in [2.24, 2.45) is 0 Å². The summed E-state index contributed by atoms with van der Waals surface area (Å²) in [7, 11) is 0. The zero-order valence-corrected chi connectivity index (χ0v) is 17.5. The third kappa shape index (κ3) is 3.53. The quantitative estimate of drug-likeness (QED) is 0.320. The van der Waals surface area contributed by atoms with Crippen molar-refractivity contribution in [3.05, 3.63) is 103 Å². The Morgan fingerprint density at radius 1 is 0.788 bits per heavy atom. The Morgan fingerprint density at radius 2 is 1.64 bits per heavy atom. The van der Waals surface area contributed by atoms with Gasteiger partial charge in [0.1, 0.15) is 5.69 Å². The summed E-state index contributed by atoms with van der Waals surface area (Å²) in [4.78, 5) is 20.3. The number of aromatic amines is 2. The summed E-state index contributed by atoms with van der Waals surface area (Å²) in [5, 5.41) is 12.8. The number of carbonyl (C=O) groups excluding carboxylic acids is 1. The molecule has 0 aliphatic heterocycles. The zero-order valence-electron chi connectivity index (χ0n) is 17.5. The summed E-state index contributed by atoms with van der Waals surface area (Å²) in [5.74, 6) is -0.166. The molecule has 6 aromatic rings. The molecule has 3 aromatic heterocycles. The van der Waals surface area contributed by atoms with Gasteiger partial charge in [0.05, 0.1) is 23.1 Å². The first-order valence-corrected chi connectivity index (χ1v) is 10.6. The number of amides is 1. The van der Waals surface area contributed by atoms with Crippen LogP contribution in [0.1, 0.15) is 10.4 Å². The molecule has 3 N–H and O–H groups in total. The minimum atomic E-state index is -0.166. The molecule has 3 aromatic carbocycles. The molecule has 3 heterocycles. The second-order valence-electron chi connectivity index (χ2n) is 7.89. The van der Waals surface area contributed by atoms with E-state index in [1.807, 2.05) is 48.5 Å². The minimum Gasteiger partial charge on any atom is -0.353 e. The summed E-state index contributed by atoms with van der Waals surface area (Å²) >= 11 is 0. The summed E-state index contributed by atoms with van der Waals surface area (Å²) in [5.41, 5.74) is 7.00. The van der Waals surface area contributed by atoms with Crippen LogP contribution >= 0.6 is 0 Å². The average Bonchev–Trinajstić information content (AvgIpc) is 3.48. The normalized spacial score (nSPS) is 11.2. The van der Waals surface area contributed by atoms with Gasteiger partial charge in [-0.2, -0.15) is 5.10 Å². The van der Waals surface area contributed by atoms with Gasteiger partial charge in [0, 0.05) is 33.6 Å². The lowest BCUT2D eigenvalue weighted by Gasteiger charge is -2.08. The van der Waals surface area contributed by atoms with Gasteiger partial charge in [-0.25, -0.2) is 0 Å². The number of para-hydroxylation sites is 1. The molecule has 0 radical (unpaired) electrons. The highest BCUT2D eigenvalue weighted by atomic mass is 16.1. The van der Waals surface area contributed by atoms with E-state index in [4.69, 9.17) is 0 Å². The van der Waals surface area contributed by atoms with Gasteiger partial charge in [-0.15, -0.1) is 0 Å². The number of pyridine rings is 1. The van der Waals surface area contributed by atoms with Crippen LogP contribution in [0.2, 0.25) is 0 Å². The van der Waals surface area contributed by atoms with Gasteiger partial charge in [0.15, 0.2) is 0 Å². The Balaban J connectivity index is 1.36. The van der Waals surface area contributed by atoms with Crippen LogP contribution < -0.4 is 5.32 Å². The highest BCUT2D eigenvalue weighted by Crippen LogP contribution is 2.32. The van der Waals surface area contributed by atoms with E-state index in [0.717, 1.165) is 44.3 Å². The fourth-order valence-corrected chi connectivity index (χ4v) is 4.06. The number of nitrogens with one attached hydrogen (secondary N) is 3. The van der Waals surface area contributed by atoms with Crippen molar-refractivity contribution in [2.45, 2.75) is 0 Å². The number of carbonyl (C=O) groups is 1. The van der Waals surface area contributed by atoms with E-state index in [2.05, 4.69) is 49.7 Å². The van der Waals surface area contributed by atoms with Crippen molar-refractivity contribution in [3.8, 4) is 22.5 Å². The predicted octanol–water partition coefficient (Wildman–Crippen LogP) is 6.03. The van der Waals surface area contributed by atoms with Crippen LogP contribution in [-0.4, -0.2) is 26.1 Å². The van der Waals surface area contributed by atoms with Crippen molar-refractivity contribution in [3.63, 3.8) is 0 Å². The van der Waals surface area contributed by atoms with Crippen molar-refractivity contribution in [2.75, 3.05) is 5.32 Å². The molecule has 0 bridgehead atoms. The molecule has 0 unspecified atom stereocenters. The number of H-pyrrole nitrogens is 2. The minimum absolute atomic E-state index is 0.166. The number of benzene rings is 3.